The summed E-state index contributed by atoms with van der Waals surface area (Å²) in [5, 5.41) is 0. The fourth-order valence-corrected chi connectivity index (χ4v) is 1.84. The molecule has 94 valence electrons. The number of rotatable bonds is 4. The third kappa shape index (κ3) is 3.08. The lowest BCUT2D eigenvalue weighted by molar-refractivity contribution is 0.414. The third-order valence-corrected chi connectivity index (χ3v) is 2.91. The lowest BCUT2D eigenvalue weighted by Gasteiger charge is -2.12. The molecule has 0 aliphatic carbocycles. The highest BCUT2D eigenvalue weighted by Gasteiger charge is 2.07. The topological polar surface area (TPSA) is 35.2 Å². The van der Waals surface area contributed by atoms with E-state index in [9.17, 15) is 4.39 Å². The Morgan fingerprint density at radius 1 is 1.06 bits per heavy atom. The second kappa shape index (κ2) is 5.65. The zero-order valence-corrected chi connectivity index (χ0v) is 10.3. The number of nitrogens with two attached hydrogens (primary N) is 1. The van der Waals surface area contributed by atoms with E-state index in [1.54, 1.807) is 19.2 Å². The summed E-state index contributed by atoms with van der Waals surface area (Å²) in [7, 11) is 1.64. The zero-order chi connectivity index (χ0) is 13.0. The highest BCUT2D eigenvalue weighted by atomic mass is 19.1. The van der Waals surface area contributed by atoms with Gasteiger partial charge >= 0.3 is 0 Å². The summed E-state index contributed by atoms with van der Waals surface area (Å²) in [4.78, 5) is 0. The maximum Gasteiger partial charge on any atom is 0.123 e. The van der Waals surface area contributed by atoms with Gasteiger partial charge in [0, 0.05) is 6.04 Å². The van der Waals surface area contributed by atoms with E-state index < -0.39 is 0 Å². The molecule has 0 fully saturated rings. The Labute approximate surface area is 106 Å². The second-order valence-electron chi connectivity index (χ2n) is 4.21. The van der Waals surface area contributed by atoms with Gasteiger partial charge in [0.1, 0.15) is 11.6 Å². The van der Waals surface area contributed by atoms with Crippen molar-refractivity contribution in [2.45, 2.75) is 12.5 Å². The van der Waals surface area contributed by atoms with Crippen molar-refractivity contribution in [3.63, 3.8) is 0 Å². The van der Waals surface area contributed by atoms with Crippen molar-refractivity contribution in [2.75, 3.05) is 7.11 Å². The highest BCUT2D eigenvalue weighted by Crippen LogP contribution is 2.18. The number of methoxy groups -OCH3 is 1. The quantitative estimate of drug-likeness (QED) is 0.898. The van der Waals surface area contributed by atoms with Gasteiger partial charge in [-0.15, -0.1) is 0 Å². The smallest absolute Gasteiger partial charge is 0.123 e. The van der Waals surface area contributed by atoms with Gasteiger partial charge in [0.05, 0.1) is 7.11 Å². The zero-order valence-electron chi connectivity index (χ0n) is 10.3. The van der Waals surface area contributed by atoms with Crippen molar-refractivity contribution in [3.8, 4) is 5.75 Å². The van der Waals surface area contributed by atoms with Crippen molar-refractivity contribution in [3.05, 3.63) is 65.5 Å². The van der Waals surface area contributed by atoms with Crippen LogP contribution in [0, 0.1) is 5.82 Å². The Bertz CT molecular complexity index is 493. The van der Waals surface area contributed by atoms with E-state index in [2.05, 4.69) is 0 Å². The summed E-state index contributed by atoms with van der Waals surface area (Å²) in [5.41, 5.74) is 8.16. The molecular formula is C15H16FNO. The minimum atomic E-state index is -0.240. The average molecular weight is 245 g/mol. The van der Waals surface area contributed by atoms with Crippen molar-refractivity contribution in [1.29, 1.82) is 0 Å². The van der Waals surface area contributed by atoms with Gasteiger partial charge in [0.2, 0.25) is 0 Å². The monoisotopic (exact) mass is 245 g/mol. The summed E-state index contributed by atoms with van der Waals surface area (Å²) >= 11 is 0. The maximum atomic E-state index is 12.8. The Kier molecular flexibility index (Phi) is 3.95. The van der Waals surface area contributed by atoms with Crippen LogP contribution in [-0.2, 0) is 6.42 Å². The van der Waals surface area contributed by atoms with E-state index >= 15 is 0 Å². The van der Waals surface area contributed by atoms with Crippen LogP contribution in [0.25, 0.3) is 0 Å². The molecule has 0 amide bonds. The molecule has 2 N–H and O–H groups in total. The second-order valence-corrected chi connectivity index (χ2v) is 4.21. The first kappa shape index (κ1) is 12.6. The molecule has 0 saturated heterocycles. The Hall–Kier alpha value is -1.87. The average Bonchev–Trinajstić information content (AvgIpc) is 2.40. The first-order valence-electron chi connectivity index (χ1n) is 5.83. The lowest BCUT2D eigenvalue weighted by Crippen LogP contribution is -2.13. The minimum Gasteiger partial charge on any atom is -0.497 e. The molecule has 0 aromatic heterocycles. The summed E-state index contributed by atoms with van der Waals surface area (Å²) in [6.45, 7) is 0. The van der Waals surface area contributed by atoms with Crippen LogP contribution in [0.15, 0.2) is 48.5 Å². The highest BCUT2D eigenvalue weighted by molar-refractivity contribution is 5.29. The van der Waals surface area contributed by atoms with E-state index in [0.717, 1.165) is 23.3 Å². The fourth-order valence-electron chi connectivity index (χ4n) is 1.84. The lowest BCUT2D eigenvalue weighted by atomic mass is 10.00. The van der Waals surface area contributed by atoms with Gasteiger partial charge in [-0.25, -0.2) is 4.39 Å². The number of ether oxygens (including phenoxy) is 1. The van der Waals surface area contributed by atoms with E-state index in [1.807, 2.05) is 24.3 Å². The summed E-state index contributed by atoms with van der Waals surface area (Å²) < 4.78 is 17.9. The Balaban J connectivity index is 2.05. The molecule has 1 unspecified atom stereocenters. The summed E-state index contributed by atoms with van der Waals surface area (Å²) in [5.74, 6) is 0.588. The predicted molar refractivity (Wildman–Crippen MR) is 70.0 cm³/mol. The van der Waals surface area contributed by atoms with Crippen molar-refractivity contribution in [2.24, 2.45) is 5.73 Å². The van der Waals surface area contributed by atoms with E-state index in [4.69, 9.17) is 10.5 Å². The molecule has 0 aliphatic rings. The molecule has 2 nitrogen and oxygen atoms in total. The van der Waals surface area contributed by atoms with Gasteiger partial charge < -0.3 is 10.5 Å². The molecule has 0 radical (unpaired) electrons. The molecule has 0 heterocycles. The molecule has 0 aliphatic heterocycles. The van der Waals surface area contributed by atoms with Gasteiger partial charge in [0.15, 0.2) is 0 Å². The first-order valence-corrected chi connectivity index (χ1v) is 5.83. The Morgan fingerprint density at radius 2 is 1.67 bits per heavy atom. The molecule has 0 bridgehead atoms. The van der Waals surface area contributed by atoms with Crippen LogP contribution in [0.4, 0.5) is 4.39 Å². The molecular weight excluding hydrogens is 229 g/mol. The summed E-state index contributed by atoms with van der Waals surface area (Å²) in [6, 6.07) is 14.0. The van der Waals surface area contributed by atoms with Gasteiger partial charge in [0.25, 0.3) is 0 Å². The third-order valence-electron chi connectivity index (χ3n) is 2.91. The van der Waals surface area contributed by atoms with Crippen molar-refractivity contribution >= 4 is 0 Å². The maximum absolute atomic E-state index is 12.8. The minimum absolute atomic E-state index is 0.126. The van der Waals surface area contributed by atoms with Crippen LogP contribution in [0.2, 0.25) is 0 Å². The van der Waals surface area contributed by atoms with Gasteiger partial charge in [-0.1, -0.05) is 24.3 Å². The van der Waals surface area contributed by atoms with E-state index in [-0.39, 0.29) is 11.9 Å². The van der Waals surface area contributed by atoms with Gasteiger partial charge in [-0.05, 0) is 41.8 Å². The molecule has 1 atom stereocenters. The van der Waals surface area contributed by atoms with Crippen LogP contribution in [0.3, 0.4) is 0 Å². The van der Waals surface area contributed by atoms with Gasteiger partial charge in [-0.2, -0.15) is 0 Å². The fraction of sp³-hybridized carbons (Fsp3) is 0.200. The normalized spacial score (nSPS) is 12.2. The molecule has 0 spiro atoms. The molecule has 18 heavy (non-hydrogen) atoms. The Morgan fingerprint density at radius 3 is 2.22 bits per heavy atom. The van der Waals surface area contributed by atoms with Gasteiger partial charge in [-0.3, -0.25) is 0 Å². The van der Waals surface area contributed by atoms with E-state index in [0.29, 0.717) is 0 Å². The summed E-state index contributed by atoms with van der Waals surface area (Å²) in [6.07, 6.45) is 0.718. The van der Waals surface area contributed by atoms with Crippen LogP contribution in [0.5, 0.6) is 5.75 Å². The van der Waals surface area contributed by atoms with Crippen molar-refractivity contribution < 1.29 is 9.13 Å². The molecule has 2 aromatic rings. The number of halogens is 1. The first-order chi connectivity index (χ1) is 8.69. The van der Waals surface area contributed by atoms with Crippen LogP contribution < -0.4 is 10.5 Å². The van der Waals surface area contributed by atoms with Crippen LogP contribution in [-0.4, -0.2) is 7.11 Å². The number of hydrogen-bond donors (Lipinski definition) is 1. The molecule has 3 heteroatoms. The van der Waals surface area contributed by atoms with Crippen LogP contribution >= 0.6 is 0 Å². The number of hydrogen-bond acceptors (Lipinski definition) is 2. The van der Waals surface area contributed by atoms with Crippen LogP contribution in [0.1, 0.15) is 17.2 Å². The molecule has 0 saturated carbocycles. The van der Waals surface area contributed by atoms with Crippen molar-refractivity contribution in [1.82, 2.24) is 0 Å². The SMILES string of the molecule is COc1ccc(CC(N)c2ccc(F)cc2)cc1. The molecule has 2 aromatic carbocycles. The van der Waals surface area contributed by atoms with E-state index in [1.165, 1.54) is 12.1 Å². The predicted octanol–water partition coefficient (Wildman–Crippen LogP) is 3.08. The number of benzene rings is 2. The largest absolute Gasteiger partial charge is 0.497 e. The molecule has 2 rings (SSSR count). The standard InChI is InChI=1S/C15H16FNO/c1-18-14-8-2-11(3-9-14)10-15(17)12-4-6-13(16)7-5-12/h2-9,15H,10,17H2,1H3.